The van der Waals surface area contributed by atoms with E-state index in [4.69, 9.17) is 9.97 Å². The van der Waals surface area contributed by atoms with Crippen LogP contribution in [0.2, 0.25) is 0 Å². The third kappa shape index (κ3) is 6.28. The molecular formula is C56H38N4. The summed E-state index contributed by atoms with van der Waals surface area (Å²) in [6.45, 7) is 0. The van der Waals surface area contributed by atoms with Crippen molar-refractivity contribution in [1.82, 2.24) is 14.5 Å². The maximum Gasteiger partial charge on any atom is 0.0973 e. The Balaban J connectivity index is 1.01. The molecule has 0 spiro atoms. The largest absolute Gasteiger partial charge is 0.311 e. The molecule has 60 heavy (non-hydrogen) atoms. The van der Waals surface area contributed by atoms with Crippen molar-refractivity contribution in [3.8, 4) is 50.5 Å². The summed E-state index contributed by atoms with van der Waals surface area (Å²) in [4.78, 5) is 13.1. The number of hydrogen-bond acceptors (Lipinski definition) is 3. The molecule has 9 aromatic carbocycles. The standard InChI is InChI=1S/C56H38N4/c1-4-16-39(17-5-1)42-20-14-21-43(38-42)48-26-15-27-51-56(48)58-55(54(57-51)40-18-6-2-7-19-40)41-30-32-45(33-31-41)59(44-22-8-3-9-23-44)46-34-36-47(37-35-46)60-52-28-12-10-24-49(52)50-25-11-13-29-53(50)60/h1-38H. The van der Waals surface area contributed by atoms with Crippen molar-refractivity contribution in [2.45, 2.75) is 0 Å². The van der Waals surface area contributed by atoms with E-state index in [0.29, 0.717) is 0 Å². The van der Waals surface area contributed by atoms with Crippen LogP contribution in [-0.4, -0.2) is 14.5 Å². The van der Waals surface area contributed by atoms with Gasteiger partial charge in [-0.25, -0.2) is 9.97 Å². The smallest absolute Gasteiger partial charge is 0.0973 e. The molecule has 0 N–H and O–H groups in total. The van der Waals surface area contributed by atoms with Gasteiger partial charge in [0, 0.05) is 50.2 Å². The molecule has 282 valence electrons. The van der Waals surface area contributed by atoms with Gasteiger partial charge in [0.2, 0.25) is 0 Å². The highest BCUT2D eigenvalue weighted by Gasteiger charge is 2.19. The second-order valence-electron chi connectivity index (χ2n) is 15.0. The lowest BCUT2D eigenvalue weighted by molar-refractivity contribution is 1.17. The van der Waals surface area contributed by atoms with Crippen LogP contribution < -0.4 is 4.90 Å². The number of benzene rings is 9. The number of rotatable bonds is 8. The SMILES string of the molecule is c1ccc(-c2cccc(-c3cccc4nc(-c5ccccc5)c(-c5ccc(N(c6ccccc6)c6ccc(-n7c8ccccc8c8ccccc87)cc6)cc5)nc34)c2)cc1. The van der Waals surface area contributed by atoms with E-state index in [2.05, 4.69) is 234 Å². The van der Waals surface area contributed by atoms with Gasteiger partial charge in [-0.2, -0.15) is 0 Å². The summed E-state index contributed by atoms with van der Waals surface area (Å²) < 4.78 is 2.36. The lowest BCUT2D eigenvalue weighted by Crippen LogP contribution is -2.10. The summed E-state index contributed by atoms with van der Waals surface area (Å²) in [5.41, 5.74) is 16.6. The van der Waals surface area contributed by atoms with Crippen molar-refractivity contribution in [3.05, 3.63) is 231 Å². The van der Waals surface area contributed by atoms with Gasteiger partial charge in [0.05, 0.1) is 33.5 Å². The highest BCUT2D eigenvalue weighted by molar-refractivity contribution is 6.09. The van der Waals surface area contributed by atoms with Crippen molar-refractivity contribution in [3.63, 3.8) is 0 Å². The van der Waals surface area contributed by atoms with Crippen molar-refractivity contribution in [2.75, 3.05) is 4.90 Å². The number of para-hydroxylation sites is 4. The van der Waals surface area contributed by atoms with Crippen molar-refractivity contribution in [2.24, 2.45) is 0 Å². The molecule has 0 amide bonds. The summed E-state index contributed by atoms with van der Waals surface area (Å²) in [5, 5.41) is 2.51. The number of aromatic nitrogens is 3. The van der Waals surface area contributed by atoms with Gasteiger partial charge in [-0.1, -0.05) is 158 Å². The molecule has 0 saturated heterocycles. The zero-order valence-electron chi connectivity index (χ0n) is 32.7. The lowest BCUT2D eigenvalue weighted by atomic mass is 9.97. The molecule has 0 unspecified atom stereocenters. The van der Waals surface area contributed by atoms with Crippen LogP contribution in [0.4, 0.5) is 17.1 Å². The van der Waals surface area contributed by atoms with Crippen molar-refractivity contribution >= 4 is 49.9 Å². The highest BCUT2D eigenvalue weighted by Crippen LogP contribution is 2.40. The van der Waals surface area contributed by atoms with Crippen LogP contribution in [0.3, 0.4) is 0 Å². The Labute approximate surface area is 348 Å². The van der Waals surface area contributed by atoms with E-state index in [9.17, 15) is 0 Å². The van der Waals surface area contributed by atoms with E-state index in [1.165, 1.54) is 32.9 Å². The fourth-order valence-corrected chi connectivity index (χ4v) is 8.55. The number of hydrogen-bond donors (Lipinski definition) is 0. The molecule has 11 aromatic rings. The van der Waals surface area contributed by atoms with Gasteiger partial charge in [0.1, 0.15) is 0 Å². The van der Waals surface area contributed by atoms with Gasteiger partial charge in [0.25, 0.3) is 0 Å². The van der Waals surface area contributed by atoms with Crippen LogP contribution in [0.15, 0.2) is 231 Å². The number of nitrogens with zero attached hydrogens (tertiary/aromatic N) is 4. The van der Waals surface area contributed by atoms with E-state index in [1.54, 1.807) is 0 Å². The van der Waals surface area contributed by atoms with Crippen LogP contribution >= 0.6 is 0 Å². The summed E-state index contributed by atoms with van der Waals surface area (Å²) in [7, 11) is 0. The maximum atomic E-state index is 5.49. The topological polar surface area (TPSA) is 34.0 Å². The van der Waals surface area contributed by atoms with Crippen LogP contribution in [0, 0.1) is 0 Å². The Kier molecular flexibility index (Phi) is 8.79. The van der Waals surface area contributed by atoms with Crippen LogP contribution in [-0.2, 0) is 0 Å². The molecule has 4 nitrogen and oxygen atoms in total. The highest BCUT2D eigenvalue weighted by atomic mass is 15.1. The molecule has 0 aliphatic carbocycles. The molecular weight excluding hydrogens is 729 g/mol. The summed E-state index contributed by atoms with van der Waals surface area (Å²) in [6.07, 6.45) is 0. The first-order valence-electron chi connectivity index (χ1n) is 20.3. The van der Waals surface area contributed by atoms with Crippen LogP contribution in [0.25, 0.3) is 83.3 Å². The Morgan fingerprint density at radius 2 is 0.817 bits per heavy atom. The number of anilines is 3. The summed E-state index contributed by atoms with van der Waals surface area (Å²) in [6, 6.07) is 81.4. The van der Waals surface area contributed by atoms with Crippen LogP contribution in [0.5, 0.6) is 0 Å². The second kappa shape index (κ2) is 15.0. The summed E-state index contributed by atoms with van der Waals surface area (Å²) >= 11 is 0. The quantitative estimate of drug-likeness (QED) is 0.154. The van der Waals surface area contributed by atoms with Gasteiger partial charge >= 0.3 is 0 Å². The third-order valence-corrected chi connectivity index (χ3v) is 11.4. The first kappa shape index (κ1) is 35.1. The second-order valence-corrected chi connectivity index (χ2v) is 15.0. The molecule has 2 aromatic heterocycles. The van der Waals surface area contributed by atoms with E-state index >= 15 is 0 Å². The Morgan fingerprint density at radius 1 is 0.333 bits per heavy atom. The molecule has 4 heteroatoms. The first-order valence-corrected chi connectivity index (χ1v) is 20.3. The van der Waals surface area contributed by atoms with E-state index in [1.807, 2.05) is 6.07 Å². The first-order chi connectivity index (χ1) is 29.8. The molecule has 0 saturated carbocycles. The Bertz CT molecular complexity index is 3230. The van der Waals surface area contributed by atoms with E-state index in [0.717, 1.165) is 67.4 Å². The van der Waals surface area contributed by atoms with Gasteiger partial charge in [0.15, 0.2) is 0 Å². The fourth-order valence-electron chi connectivity index (χ4n) is 8.55. The fraction of sp³-hybridized carbons (Fsp3) is 0. The summed E-state index contributed by atoms with van der Waals surface area (Å²) in [5.74, 6) is 0. The molecule has 0 radical (unpaired) electrons. The van der Waals surface area contributed by atoms with Gasteiger partial charge in [-0.15, -0.1) is 0 Å². The van der Waals surface area contributed by atoms with E-state index in [-0.39, 0.29) is 0 Å². The van der Waals surface area contributed by atoms with Crippen LogP contribution in [0.1, 0.15) is 0 Å². The predicted molar refractivity (Wildman–Crippen MR) is 250 cm³/mol. The number of fused-ring (bicyclic) bond motifs is 4. The zero-order chi connectivity index (χ0) is 39.8. The molecule has 0 aliphatic heterocycles. The molecule has 0 atom stereocenters. The normalized spacial score (nSPS) is 11.3. The van der Waals surface area contributed by atoms with E-state index < -0.39 is 0 Å². The molecule has 0 aliphatic rings. The van der Waals surface area contributed by atoms with Crippen molar-refractivity contribution < 1.29 is 0 Å². The molecule has 11 rings (SSSR count). The molecule has 2 heterocycles. The van der Waals surface area contributed by atoms with Crippen molar-refractivity contribution in [1.29, 1.82) is 0 Å². The molecule has 0 fully saturated rings. The third-order valence-electron chi connectivity index (χ3n) is 11.4. The predicted octanol–water partition coefficient (Wildman–Crippen LogP) is 14.9. The average Bonchev–Trinajstić information content (AvgIpc) is 3.67. The van der Waals surface area contributed by atoms with Gasteiger partial charge < -0.3 is 9.47 Å². The zero-order valence-corrected chi connectivity index (χ0v) is 32.7. The van der Waals surface area contributed by atoms with Gasteiger partial charge in [-0.3, -0.25) is 0 Å². The Hall–Kier alpha value is -8.08. The minimum Gasteiger partial charge on any atom is -0.311 e. The minimum absolute atomic E-state index is 0.841. The Morgan fingerprint density at radius 3 is 1.48 bits per heavy atom. The molecule has 0 bridgehead atoms. The van der Waals surface area contributed by atoms with Gasteiger partial charge in [-0.05, 0) is 89.5 Å². The maximum absolute atomic E-state index is 5.49. The lowest BCUT2D eigenvalue weighted by Gasteiger charge is -2.26. The average molecular weight is 767 g/mol. The monoisotopic (exact) mass is 766 g/mol. The minimum atomic E-state index is 0.841.